The van der Waals surface area contributed by atoms with Crippen LogP contribution < -0.4 is 15.7 Å². The molecule has 4 aromatic rings. The molecule has 0 radical (unpaired) electrons. The van der Waals surface area contributed by atoms with E-state index >= 15 is 0 Å². The predicted octanol–water partition coefficient (Wildman–Crippen LogP) is 3.12. The van der Waals surface area contributed by atoms with E-state index in [0.29, 0.717) is 31.9 Å². The summed E-state index contributed by atoms with van der Waals surface area (Å²) < 4.78 is 6.45. The lowest BCUT2D eigenvalue weighted by Crippen LogP contribution is -2.28. The Morgan fingerprint density at radius 2 is 1.97 bits per heavy atom. The average molecular weight is 408 g/mol. The highest BCUT2D eigenvalue weighted by Crippen LogP contribution is 2.42. The molecular formula is C20H18N5O3S+. The molecule has 0 saturated heterocycles. The second-order valence-electron chi connectivity index (χ2n) is 6.59. The van der Waals surface area contributed by atoms with Gasteiger partial charge in [-0.15, -0.1) is 11.3 Å². The van der Waals surface area contributed by atoms with Crippen LogP contribution in [0.2, 0.25) is 0 Å². The molecule has 0 atom stereocenters. The van der Waals surface area contributed by atoms with Crippen LogP contribution in [0, 0.1) is 6.92 Å². The topological polar surface area (TPSA) is 115 Å². The molecule has 0 unspecified atom stereocenters. The van der Waals surface area contributed by atoms with Gasteiger partial charge in [-0.3, -0.25) is 19.4 Å². The van der Waals surface area contributed by atoms with Crippen molar-refractivity contribution < 1.29 is 18.8 Å². The zero-order valence-corrected chi connectivity index (χ0v) is 16.8. The number of hydrogen-bond acceptors (Lipinski definition) is 7. The van der Waals surface area contributed by atoms with E-state index in [1.165, 1.54) is 29.1 Å². The number of anilines is 2. The van der Waals surface area contributed by atoms with Crippen LogP contribution in [0.1, 0.15) is 32.6 Å². The Labute approximate surface area is 169 Å². The van der Waals surface area contributed by atoms with Crippen LogP contribution in [0.3, 0.4) is 0 Å². The molecule has 1 amide bonds. The molecule has 0 fully saturated rings. The van der Waals surface area contributed by atoms with Gasteiger partial charge in [0.25, 0.3) is 12.1 Å². The van der Waals surface area contributed by atoms with E-state index in [4.69, 9.17) is 10.3 Å². The quantitative estimate of drug-likeness (QED) is 0.396. The highest BCUT2D eigenvalue weighted by Gasteiger charge is 2.26. The highest BCUT2D eigenvalue weighted by atomic mass is 32.1. The standard InChI is InChI=1S/C20H17N5O3S/c1-10-14(11(2)26)15(12-7-5-4-6-8-12)16-17(21)18(29-20(16)22-10)19(27)23-13-9-25(3)24-28-13/h4-9H,1-3H3,(H2-,21,23,24,27)/p+1. The predicted molar refractivity (Wildman–Crippen MR) is 110 cm³/mol. The van der Waals surface area contributed by atoms with Gasteiger partial charge in [0.05, 0.1) is 11.4 Å². The Morgan fingerprint density at radius 3 is 2.59 bits per heavy atom. The summed E-state index contributed by atoms with van der Waals surface area (Å²) in [6, 6.07) is 9.50. The van der Waals surface area contributed by atoms with Crippen molar-refractivity contribution in [2.75, 3.05) is 11.1 Å². The maximum Gasteiger partial charge on any atom is 0.302 e. The third-order valence-electron chi connectivity index (χ3n) is 4.49. The number of nitrogens with two attached hydrogens (primary N) is 1. The summed E-state index contributed by atoms with van der Waals surface area (Å²) in [6.45, 7) is 3.29. The Balaban J connectivity index is 1.94. The van der Waals surface area contributed by atoms with E-state index in [1.807, 2.05) is 30.3 Å². The lowest BCUT2D eigenvalue weighted by atomic mass is 9.93. The number of Topliss-reactive ketones (excluding diaryl/α,β-unsaturated/α-hetero) is 1. The second-order valence-corrected chi connectivity index (χ2v) is 7.59. The molecule has 3 heterocycles. The molecule has 29 heavy (non-hydrogen) atoms. The van der Waals surface area contributed by atoms with Crippen LogP contribution in [-0.4, -0.2) is 21.9 Å². The fourth-order valence-electron chi connectivity index (χ4n) is 3.31. The second kappa shape index (κ2) is 7.10. The van der Waals surface area contributed by atoms with Crippen LogP contribution in [0.25, 0.3) is 21.3 Å². The van der Waals surface area contributed by atoms with Gasteiger partial charge >= 0.3 is 5.88 Å². The number of rotatable bonds is 4. The maximum atomic E-state index is 12.8. The molecular weight excluding hydrogens is 390 g/mol. The van der Waals surface area contributed by atoms with Crippen LogP contribution in [0.5, 0.6) is 0 Å². The number of ketones is 1. The molecule has 0 aliphatic heterocycles. The first-order valence-corrected chi connectivity index (χ1v) is 9.61. The molecule has 146 valence electrons. The molecule has 3 aromatic heterocycles. The summed E-state index contributed by atoms with van der Waals surface area (Å²) in [4.78, 5) is 30.7. The number of thiophene rings is 1. The molecule has 0 bridgehead atoms. The number of amides is 1. The van der Waals surface area contributed by atoms with Gasteiger partial charge in [-0.2, -0.15) is 0 Å². The third-order valence-corrected chi connectivity index (χ3v) is 5.59. The lowest BCUT2D eigenvalue weighted by Gasteiger charge is -2.12. The minimum Gasteiger partial charge on any atom is -0.397 e. The molecule has 0 aliphatic carbocycles. The van der Waals surface area contributed by atoms with Gasteiger partial charge in [0.2, 0.25) is 0 Å². The van der Waals surface area contributed by atoms with E-state index in [9.17, 15) is 9.59 Å². The Hall–Kier alpha value is -3.59. The van der Waals surface area contributed by atoms with E-state index in [2.05, 4.69) is 15.6 Å². The zero-order chi connectivity index (χ0) is 20.7. The Kier molecular flexibility index (Phi) is 4.59. The van der Waals surface area contributed by atoms with Crippen LogP contribution >= 0.6 is 11.3 Å². The largest absolute Gasteiger partial charge is 0.397 e. The number of benzene rings is 1. The normalized spacial score (nSPS) is 11.0. The van der Waals surface area contributed by atoms with Crippen molar-refractivity contribution in [2.24, 2.45) is 7.05 Å². The van der Waals surface area contributed by atoms with Gasteiger partial charge in [0, 0.05) is 16.5 Å². The van der Waals surface area contributed by atoms with Crippen molar-refractivity contribution in [3.8, 4) is 11.1 Å². The van der Waals surface area contributed by atoms with Crippen molar-refractivity contribution in [2.45, 2.75) is 13.8 Å². The lowest BCUT2D eigenvalue weighted by molar-refractivity contribution is -0.739. The fraction of sp³-hybridized carbons (Fsp3) is 0.150. The number of aryl methyl sites for hydroxylation is 2. The highest BCUT2D eigenvalue weighted by molar-refractivity contribution is 7.21. The number of nitrogens with one attached hydrogen (secondary N) is 1. The summed E-state index contributed by atoms with van der Waals surface area (Å²) in [5, 5.41) is 6.92. The number of carbonyl (C=O) groups excluding carboxylic acids is 2. The zero-order valence-electron chi connectivity index (χ0n) is 16.0. The SMILES string of the molecule is CC(=O)c1c(C)nc2sc(C(=O)Nc3c[n+](C)no3)c(N)c2c1-c1ccccc1. The van der Waals surface area contributed by atoms with E-state index in [0.717, 1.165) is 5.56 Å². The van der Waals surface area contributed by atoms with Gasteiger partial charge in [-0.1, -0.05) is 35.0 Å². The number of pyridine rings is 1. The van der Waals surface area contributed by atoms with Gasteiger partial charge in [0.1, 0.15) is 9.71 Å². The number of nitrogen functional groups attached to an aromatic ring is 1. The smallest absolute Gasteiger partial charge is 0.302 e. The first kappa shape index (κ1) is 18.8. The molecule has 0 saturated carbocycles. The van der Waals surface area contributed by atoms with Crippen molar-refractivity contribution in [1.82, 2.24) is 10.3 Å². The van der Waals surface area contributed by atoms with Gasteiger partial charge < -0.3 is 5.73 Å². The summed E-state index contributed by atoms with van der Waals surface area (Å²) in [6.07, 6.45) is 1.53. The maximum absolute atomic E-state index is 12.8. The minimum atomic E-state index is -0.428. The van der Waals surface area contributed by atoms with Gasteiger partial charge in [0.15, 0.2) is 18.1 Å². The average Bonchev–Trinajstić information content (AvgIpc) is 3.24. The summed E-state index contributed by atoms with van der Waals surface area (Å²) >= 11 is 1.17. The number of aromatic nitrogens is 3. The monoisotopic (exact) mass is 408 g/mol. The number of nitrogens with zero attached hydrogens (tertiary/aromatic N) is 3. The van der Waals surface area contributed by atoms with Gasteiger partial charge in [-0.05, 0) is 19.4 Å². The third kappa shape index (κ3) is 3.25. The van der Waals surface area contributed by atoms with Crippen LogP contribution in [0.4, 0.5) is 11.6 Å². The van der Waals surface area contributed by atoms with Gasteiger partial charge in [-0.25, -0.2) is 4.98 Å². The van der Waals surface area contributed by atoms with Crippen molar-refractivity contribution in [1.29, 1.82) is 0 Å². The summed E-state index contributed by atoms with van der Waals surface area (Å²) in [5.41, 5.74) is 9.31. The number of carbonyl (C=O) groups is 2. The van der Waals surface area contributed by atoms with Crippen molar-refractivity contribution in [3.05, 3.63) is 52.7 Å². The fourth-order valence-corrected chi connectivity index (χ4v) is 4.35. The molecule has 3 N–H and O–H groups in total. The van der Waals surface area contributed by atoms with Crippen molar-refractivity contribution in [3.63, 3.8) is 0 Å². The molecule has 0 spiro atoms. The van der Waals surface area contributed by atoms with E-state index in [-0.39, 0.29) is 17.4 Å². The minimum absolute atomic E-state index is 0.110. The van der Waals surface area contributed by atoms with Crippen molar-refractivity contribution >= 4 is 44.8 Å². The molecule has 4 rings (SSSR count). The van der Waals surface area contributed by atoms with E-state index < -0.39 is 5.91 Å². The number of fused-ring (bicyclic) bond motifs is 1. The summed E-state index contributed by atoms with van der Waals surface area (Å²) in [7, 11) is 1.68. The molecule has 8 nitrogen and oxygen atoms in total. The first-order chi connectivity index (χ1) is 13.9. The number of hydrogen-bond donors (Lipinski definition) is 2. The molecule has 9 heteroatoms. The summed E-state index contributed by atoms with van der Waals surface area (Å²) in [5.74, 6) is -0.337. The molecule has 1 aromatic carbocycles. The Bertz CT molecular complexity index is 1260. The van der Waals surface area contributed by atoms with Crippen LogP contribution in [-0.2, 0) is 7.05 Å². The van der Waals surface area contributed by atoms with Crippen LogP contribution in [0.15, 0.2) is 41.1 Å². The Morgan fingerprint density at radius 1 is 1.24 bits per heavy atom. The molecule has 0 aliphatic rings. The van der Waals surface area contributed by atoms with E-state index in [1.54, 1.807) is 14.0 Å². The first-order valence-electron chi connectivity index (χ1n) is 8.79.